The molecule has 4 aliphatic rings. The summed E-state index contributed by atoms with van der Waals surface area (Å²) in [5.41, 5.74) is 9.12. The Kier molecular flexibility index (Phi) is 32.9. The van der Waals surface area contributed by atoms with Crippen LogP contribution in [0.1, 0.15) is 202 Å². The van der Waals surface area contributed by atoms with Crippen LogP contribution < -0.4 is 18.9 Å². The lowest BCUT2D eigenvalue weighted by atomic mass is 9.77. The quantitative estimate of drug-likeness (QED) is 0.0713. The molecule has 0 saturated heterocycles. The second kappa shape index (κ2) is 44.1. The van der Waals surface area contributed by atoms with E-state index in [-0.39, 0.29) is 44.5 Å². The summed E-state index contributed by atoms with van der Waals surface area (Å²) in [6, 6.07) is 53.6. The summed E-state index contributed by atoms with van der Waals surface area (Å²) in [5.74, 6) is -16.5. The van der Waals surface area contributed by atoms with E-state index in [9.17, 15) is 105 Å². The van der Waals surface area contributed by atoms with Crippen molar-refractivity contribution in [1.82, 2.24) is 0 Å². The number of ether oxygens (including phenoxy) is 4. The van der Waals surface area contributed by atoms with E-state index < -0.39 is 118 Å². The van der Waals surface area contributed by atoms with E-state index in [1.54, 1.807) is 24.3 Å². The summed E-state index contributed by atoms with van der Waals surface area (Å²) in [6.45, 7) is 8.92. The molecule has 16 rings (SSSR count). The van der Waals surface area contributed by atoms with Gasteiger partial charge in [0, 0.05) is 22.3 Å². The van der Waals surface area contributed by atoms with Gasteiger partial charge in [-0.15, -0.1) is 52.7 Å². The first-order chi connectivity index (χ1) is 64.6. The third-order valence-corrected chi connectivity index (χ3v) is 26.5. The molecular weight excluding hydrogens is 1820 g/mol. The van der Waals surface area contributed by atoms with Gasteiger partial charge in [0.15, 0.2) is 46.5 Å². The fourth-order valence-corrected chi connectivity index (χ4v) is 18.8. The largest absolute Gasteiger partial charge is 0.573 e. The lowest BCUT2D eigenvalue weighted by Gasteiger charge is -2.28. The molecule has 28 heteroatoms. The molecular formula is C108H96F24O4. The molecule has 0 atom stereocenters. The van der Waals surface area contributed by atoms with Gasteiger partial charge < -0.3 is 18.9 Å². The Morgan fingerprint density at radius 3 is 0.456 bits per heavy atom. The summed E-state index contributed by atoms with van der Waals surface area (Å²) in [5, 5.41) is 0. The average Bonchev–Trinajstić information content (AvgIpc) is 0.797. The molecule has 0 heterocycles. The van der Waals surface area contributed by atoms with Crippen LogP contribution >= 0.6 is 0 Å². The van der Waals surface area contributed by atoms with Crippen LogP contribution in [0.25, 0.3) is 89.0 Å². The van der Waals surface area contributed by atoms with Crippen LogP contribution in [0.2, 0.25) is 0 Å². The first-order valence-electron chi connectivity index (χ1n) is 45.2. The zero-order chi connectivity index (χ0) is 97.8. The smallest absolute Gasteiger partial charge is 0.399 e. The predicted octanol–water partition coefficient (Wildman–Crippen LogP) is 36.1. The molecule has 0 radical (unpaired) electrons. The Hall–Kier alpha value is -11.8. The molecule has 0 aliphatic heterocycles. The number of hydrogen-bond acceptors (Lipinski definition) is 4. The Morgan fingerprint density at radius 1 is 0.184 bits per heavy atom. The molecule has 0 bridgehead atoms. The zero-order valence-corrected chi connectivity index (χ0v) is 74.2. The molecule has 0 spiro atoms. The van der Waals surface area contributed by atoms with Gasteiger partial charge in [-0.3, -0.25) is 0 Å². The minimum Gasteiger partial charge on any atom is -0.399 e. The van der Waals surface area contributed by atoms with Crippen LogP contribution in [0.5, 0.6) is 23.0 Å². The lowest BCUT2D eigenvalue weighted by molar-refractivity contribution is -0.277. The standard InChI is InChI=1S/4C27H24F6O/c4*1-2-16-3-5-17(6-4-16)18-7-9-19(10-8-18)20-11-12-22(23(28)13-20)21-14-24(29)26(25(30)15-21)34-27(31,32)33/h4*7-17H,2-6H2,1H3. The van der Waals surface area contributed by atoms with Crippen LogP contribution in [0.4, 0.5) is 105 Å². The van der Waals surface area contributed by atoms with Crippen LogP contribution in [0, 0.1) is 93.5 Å². The normalized spacial score (nSPS) is 18.7. The van der Waals surface area contributed by atoms with Crippen LogP contribution in [0.15, 0.2) is 218 Å². The van der Waals surface area contributed by atoms with Crippen molar-refractivity contribution in [3.63, 3.8) is 0 Å². The molecule has 0 unspecified atom stereocenters. The second-order valence-corrected chi connectivity index (χ2v) is 35.0. The maximum absolute atomic E-state index is 14.8. The van der Waals surface area contributed by atoms with Gasteiger partial charge >= 0.3 is 25.4 Å². The zero-order valence-electron chi connectivity index (χ0n) is 74.2. The molecule has 4 saturated carbocycles. The van der Waals surface area contributed by atoms with Gasteiger partial charge in [-0.25, -0.2) is 52.7 Å². The van der Waals surface area contributed by atoms with Crippen LogP contribution in [-0.4, -0.2) is 25.4 Å². The van der Waals surface area contributed by atoms with E-state index >= 15 is 0 Å². The Balaban J connectivity index is 0.000000153. The average molecular weight is 1910 g/mol. The molecule has 0 aromatic heterocycles. The Labute approximate surface area is 772 Å². The summed E-state index contributed by atoms with van der Waals surface area (Å²) in [6.07, 6.45) is 3.11. The van der Waals surface area contributed by atoms with Gasteiger partial charge in [0.1, 0.15) is 23.3 Å². The van der Waals surface area contributed by atoms with Gasteiger partial charge in [0.05, 0.1) is 0 Å². The number of rotatable bonds is 20. The van der Waals surface area contributed by atoms with Crippen molar-refractivity contribution in [3.05, 3.63) is 310 Å². The summed E-state index contributed by atoms with van der Waals surface area (Å²) in [4.78, 5) is 0. The van der Waals surface area contributed by atoms with E-state index in [0.717, 1.165) is 45.9 Å². The topological polar surface area (TPSA) is 36.9 Å². The maximum atomic E-state index is 14.8. The van der Waals surface area contributed by atoms with Gasteiger partial charge in [0.25, 0.3) is 0 Å². The Bertz CT molecular complexity index is 5230. The second-order valence-electron chi connectivity index (χ2n) is 35.0. The highest BCUT2D eigenvalue weighted by atomic mass is 19.4. The molecule has 0 N–H and O–H groups in total. The molecule has 12 aromatic carbocycles. The van der Waals surface area contributed by atoms with Gasteiger partial charge in [-0.05, 0) is 312 Å². The molecule has 4 nitrogen and oxygen atoms in total. The number of alkyl halides is 12. The van der Waals surface area contributed by atoms with E-state index in [1.807, 2.05) is 48.5 Å². The van der Waals surface area contributed by atoms with Crippen molar-refractivity contribution < 1.29 is 124 Å². The third kappa shape index (κ3) is 26.5. The van der Waals surface area contributed by atoms with Crippen LogP contribution in [0.3, 0.4) is 0 Å². The predicted molar refractivity (Wildman–Crippen MR) is 475 cm³/mol. The monoisotopic (exact) mass is 1910 g/mol. The Morgan fingerprint density at radius 2 is 0.324 bits per heavy atom. The van der Waals surface area contributed by atoms with Crippen LogP contribution in [-0.2, 0) is 0 Å². The fraction of sp³-hybridized carbons (Fsp3) is 0.333. The lowest BCUT2D eigenvalue weighted by Crippen LogP contribution is -2.19. The van der Waals surface area contributed by atoms with E-state index in [0.29, 0.717) is 94.5 Å². The van der Waals surface area contributed by atoms with Crippen molar-refractivity contribution >= 4 is 0 Å². The third-order valence-electron chi connectivity index (χ3n) is 26.5. The van der Waals surface area contributed by atoms with Gasteiger partial charge in [-0.2, -0.15) is 0 Å². The first kappa shape index (κ1) is 102. The first-order valence-corrected chi connectivity index (χ1v) is 45.2. The van der Waals surface area contributed by atoms with Gasteiger partial charge in [-0.1, -0.05) is 199 Å². The number of halogens is 24. The highest BCUT2D eigenvalue weighted by Crippen LogP contribution is 2.47. The van der Waals surface area contributed by atoms with Crippen molar-refractivity contribution in [2.75, 3.05) is 0 Å². The van der Waals surface area contributed by atoms with Crippen molar-refractivity contribution in [3.8, 4) is 112 Å². The number of hydrogen-bond donors (Lipinski definition) is 0. The van der Waals surface area contributed by atoms with Crippen molar-refractivity contribution in [2.45, 2.75) is 205 Å². The highest BCUT2D eigenvalue weighted by Gasteiger charge is 2.39. The highest BCUT2D eigenvalue weighted by molar-refractivity contribution is 5.76. The molecule has 136 heavy (non-hydrogen) atoms. The molecule has 720 valence electrons. The van der Waals surface area contributed by atoms with Crippen molar-refractivity contribution in [1.29, 1.82) is 0 Å². The summed E-state index contributed by atoms with van der Waals surface area (Å²) >= 11 is 0. The SMILES string of the molecule is CCC1CCC(c2ccc(-c3ccc(-c4cc(F)c(OC(F)(F)F)c(F)c4)c(F)c3)cc2)CC1.CCC1CCC(c2ccc(-c3ccc(-c4cc(F)c(OC(F)(F)F)c(F)c4)c(F)c3)cc2)CC1.CCC1CCC(c2ccc(-c3ccc(-c4cc(F)c(OC(F)(F)F)c(F)c4)c(F)c3)cc2)CC1.CCC1CCC(c2ccc(-c3ccc(-c4cc(F)c(OC(F)(F)F)c(F)c4)c(F)c3)cc2)CC1. The minimum atomic E-state index is -5.25. The number of benzene rings is 12. The van der Waals surface area contributed by atoms with E-state index in [4.69, 9.17) is 0 Å². The van der Waals surface area contributed by atoms with Gasteiger partial charge in [0.2, 0.25) is 23.0 Å². The van der Waals surface area contributed by atoms with E-state index in [1.165, 1.54) is 199 Å². The maximum Gasteiger partial charge on any atom is 0.573 e. The molecule has 0 amide bonds. The summed E-state index contributed by atoms with van der Waals surface area (Å²) < 4.78 is 333. The molecule has 12 aromatic rings. The minimum absolute atomic E-state index is 0.135. The van der Waals surface area contributed by atoms with E-state index in [2.05, 4.69) is 95.2 Å². The van der Waals surface area contributed by atoms with Crippen molar-refractivity contribution in [2.24, 2.45) is 23.7 Å². The fourth-order valence-electron chi connectivity index (χ4n) is 18.8. The molecule has 4 aliphatic carbocycles. The summed E-state index contributed by atoms with van der Waals surface area (Å²) in [7, 11) is 0. The molecule has 4 fully saturated rings.